The maximum Gasteiger partial charge on any atom is 0.222 e. The summed E-state index contributed by atoms with van der Waals surface area (Å²) in [4.78, 5) is 11.2. The molecule has 0 spiro atoms. The summed E-state index contributed by atoms with van der Waals surface area (Å²) in [6.07, 6.45) is 0.668. The van der Waals surface area contributed by atoms with Crippen molar-refractivity contribution in [3.8, 4) is 0 Å². The Morgan fingerprint density at radius 1 is 1.47 bits per heavy atom. The molecule has 1 unspecified atom stereocenters. The summed E-state index contributed by atoms with van der Waals surface area (Å²) < 4.78 is 5.06. The first kappa shape index (κ1) is 14.4. The van der Waals surface area contributed by atoms with Crippen LogP contribution in [-0.4, -0.2) is 36.9 Å². The largest absolute Gasteiger partial charge is 0.393 e. The number of amides is 1. The van der Waals surface area contributed by atoms with E-state index in [9.17, 15) is 9.90 Å². The second-order valence-corrected chi connectivity index (χ2v) is 3.90. The molecule has 1 atom stereocenters. The topological polar surface area (TPSA) is 58.6 Å². The normalized spacial score (nSPS) is 12.9. The van der Waals surface area contributed by atoms with Gasteiger partial charge in [0.25, 0.3) is 0 Å². The number of hydrogen-bond donors (Lipinski definition) is 2. The van der Waals surface area contributed by atoms with Crippen LogP contribution in [-0.2, 0) is 9.53 Å². The predicted molar refractivity (Wildman–Crippen MR) is 59.6 cm³/mol. The third-order valence-corrected chi connectivity index (χ3v) is 2.21. The minimum Gasteiger partial charge on any atom is -0.393 e. The average molecular weight is 217 g/mol. The van der Waals surface area contributed by atoms with E-state index in [0.29, 0.717) is 32.6 Å². The molecule has 0 aromatic heterocycles. The molecule has 0 aliphatic heterocycles. The molecule has 0 aromatic carbocycles. The molecular weight excluding hydrogens is 194 g/mol. The molecule has 2 N–H and O–H groups in total. The zero-order valence-electron chi connectivity index (χ0n) is 9.95. The first-order valence-corrected chi connectivity index (χ1v) is 5.60. The highest BCUT2D eigenvalue weighted by atomic mass is 16.5. The second kappa shape index (κ2) is 8.68. The average Bonchev–Trinajstić information content (AvgIpc) is 2.18. The van der Waals surface area contributed by atoms with Crippen molar-refractivity contribution >= 4 is 5.91 Å². The number of carbonyl (C=O) groups is 1. The minimum absolute atomic E-state index is 0.0144. The summed E-state index contributed by atoms with van der Waals surface area (Å²) in [5.74, 6) is 0.227. The smallest absolute Gasteiger partial charge is 0.222 e. The van der Waals surface area contributed by atoms with E-state index in [4.69, 9.17) is 4.74 Å². The van der Waals surface area contributed by atoms with Crippen molar-refractivity contribution in [2.24, 2.45) is 5.92 Å². The summed E-state index contributed by atoms with van der Waals surface area (Å²) in [7, 11) is 0. The zero-order valence-corrected chi connectivity index (χ0v) is 9.95. The molecule has 0 saturated carbocycles. The highest BCUT2D eigenvalue weighted by Gasteiger charge is 2.09. The Bertz CT molecular complexity index is 171. The molecule has 0 fully saturated rings. The molecule has 0 saturated heterocycles. The number of aliphatic hydroxyl groups is 1. The Morgan fingerprint density at radius 2 is 2.13 bits per heavy atom. The molecular formula is C11H23NO3. The van der Waals surface area contributed by atoms with E-state index in [2.05, 4.69) is 5.32 Å². The summed E-state index contributed by atoms with van der Waals surface area (Å²) in [5.41, 5.74) is 0. The van der Waals surface area contributed by atoms with Crippen molar-refractivity contribution in [1.82, 2.24) is 5.32 Å². The van der Waals surface area contributed by atoms with E-state index in [0.717, 1.165) is 0 Å². The number of aliphatic hydroxyl groups excluding tert-OH is 1. The Morgan fingerprint density at radius 3 is 2.67 bits per heavy atom. The molecule has 4 nitrogen and oxygen atoms in total. The van der Waals surface area contributed by atoms with Gasteiger partial charge in [0.2, 0.25) is 5.91 Å². The van der Waals surface area contributed by atoms with Gasteiger partial charge in [0.15, 0.2) is 0 Å². The lowest BCUT2D eigenvalue weighted by molar-refractivity contribution is -0.122. The van der Waals surface area contributed by atoms with Crippen LogP contribution < -0.4 is 5.32 Å². The minimum atomic E-state index is -0.336. The maximum absolute atomic E-state index is 11.2. The number of nitrogens with one attached hydrogen (secondary N) is 1. The predicted octanol–water partition coefficient (Wildman–Crippen LogP) is 0.936. The lowest BCUT2D eigenvalue weighted by Gasteiger charge is -2.14. The quantitative estimate of drug-likeness (QED) is 0.595. The van der Waals surface area contributed by atoms with Crippen LogP contribution in [0.1, 0.15) is 33.6 Å². The van der Waals surface area contributed by atoms with Crippen molar-refractivity contribution in [3.63, 3.8) is 0 Å². The van der Waals surface area contributed by atoms with Gasteiger partial charge in [0.05, 0.1) is 12.7 Å². The highest BCUT2D eigenvalue weighted by Crippen LogP contribution is 2.03. The highest BCUT2D eigenvalue weighted by molar-refractivity contribution is 5.75. The van der Waals surface area contributed by atoms with Gasteiger partial charge in [-0.15, -0.1) is 0 Å². The molecule has 0 aliphatic rings. The third-order valence-electron chi connectivity index (χ3n) is 2.21. The molecule has 4 heteroatoms. The molecule has 0 rings (SSSR count). The van der Waals surface area contributed by atoms with Crippen LogP contribution in [0.3, 0.4) is 0 Å². The zero-order chi connectivity index (χ0) is 11.7. The molecule has 0 radical (unpaired) electrons. The fourth-order valence-corrected chi connectivity index (χ4v) is 1.09. The van der Waals surface area contributed by atoms with Crippen molar-refractivity contribution in [3.05, 3.63) is 0 Å². The van der Waals surface area contributed by atoms with Gasteiger partial charge in [-0.2, -0.15) is 0 Å². The van der Waals surface area contributed by atoms with Crippen LogP contribution >= 0.6 is 0 Å². The summed E-state index contributed by atoms with van der Waals surface area (Å²) in [5, 5.41) is 12.2. The Hall–Kier alpha value is -0.610. The van der Waals surface area contributed by atoms with E-state index in [1.54, 1.807) is 0 Å². The summed E-state index contributed by atoms with van der Waals surface area (Å²) in [6.45, 7) is 7.46. The van der Waals surface area contributed by atoms with Crippen molar-refractivity contribution in [1.29, 1.82) is 0 Å². The van der Waals surface area contributed by atoms with Gasteiger partial charge in [0, 0.05) is 19.6 Å². The number of rotatable bonds is 8. The van der Waals surface area contributed by atoms with Gasteiger partial charge in [-0.05, 0) is 19.3 Å². The van der Waals surface area contributed by atoms with Crippen LogP contribution in [0.2, 0.25) is 0 Å². The van der Waals surface area contributed by atoms with Gasteiger partial charge in [-0.1, -0.05) is 13.8 Å². The molecule has 1 amide bonds. The number of carbonyl (C=O) groups excluding carboxylic acids is 1. The van der Waals surface area contributed by atoms with E-state index in [-0.39, 0.29) is 17.9 Å². The van der Waals surface area contributed by atoms with Gasteiger partial charge in [-0.25, -0.2) is 0 Å². The van der Waals surface area contributed by atoms with Gasteiger partial charge >= 0.3 is 0 Å². The molecule has 15 heavy (non-hydrogen) atoms. The van der Waals surface area contributed by atoms with E-state index < -0.39 is 0 Å². The first-order chi connectivity index (χ1) is 7.07. The Kier molecular flexibility index (Phi) is 8.33. The van der Waals surface area contributed by atoms with Crippen LogP contribution in [0, 0.1) is 5.92 Å². The second-order valence-electron chi connectivity index (χ2n) is 3.90. The van der Waals surface area contributed by atoms with Crippen LogP contribution in [0.15, 0.2) is 0 Å². The third kappa shape index (κ3) is 8.39. The van der Waals surface area contributed by atoms with Crippen LogP contribution in [0.5, 0.6) is 0 Å². The number of hydrogen-bond acceptors (Lipinski definition) is 3. The van der Waals surface area contributed by atoms with Crippen molar-refractivity contribution < 1.29 is 14.6 Å². The fourth-order valence-electron chi connectivity index (χ4n) is 1.09. The van der Waals surface area contributed by atoms with E-state index in [1.807, 2.05) is 20.8 Å². The fraction of sp³-hybridized carbons (Fsp3) is 0.909. The van der Waals surface area contributed by atoms with Gasteiger partial charge in [0.1, 0.15) is 0 Å². The molecule has 0 heterocycles. The standard InChI is InChI=1S/C11H23NO3/c1-4-15-8-6-11(14)12-7-5-10(13)9(2)3/h9-10,13H,4-8H2,1-3H3,(H,12,14). The Labute approximate surface area is 92.0 Å². The maximum atomic E-state index is 11.2. The van der Waals surface area contributed by atoms with Crippen LogP contribution in [0.25, 0.3) is 0 Å². The Balaban J connectivity index is 3.38. The van der Waals surface area contributed by atoms with E-state index in [1.165, 1.54) is 0 Å². The lowest BCUT2D eigenvalue weighted by Crippen LogP contribution is -2.29. The van der Waals surface area contributed by atoms with Crippen LogP contribution in [0.4, 0.5) is 0 Å². The van der Waals surface area contributed by atoms with Gasteiger partial charge < -0.3 is 15.2 Å². The summed E-state index contributed by atoms with van der Waals surface area (Å²) >= 11 is 0. The molecule has 0 aliphatic carbocycles. The van der Waals surface area contributed by atoms with E-state index >= 15 is 0 Å². The number of ether oxygens (including phenoxy) is 1. The lowest BCUT2D eigenvalue weighted by atomic mass is 10.0. The van der Waals surface area contributed by atoms with Gasteiger partial charge in [-0.3, -0.25) is 4.79 Å². The first-order valence-electron chi connectivity index (χ1n) is 5.60. The van der Waals surface area contributed by atoms with Crippen molar-refractivity contribution in [2.45, 2.75) is 39.7 Å². The summed E-state index contributed by atoms with van der Waals surface area (Å²) in [6, 6.07) is 0. The monoisotopic (exact) mass is 217 g/mol. The SMILES string of the molecule is CCOCCC(=O)NCCC(O)C(C)C. The van der Waals surface area contributed by atoms with Crippen molar-refractivity contribution in [2.75, 3.05) is 19.8 Å². The molecule has 0 aromatic rings. The molecule has 0 bridgehead atoms. The molecule has 90 valence electrons.